The lowest BCUT2D eigenvalue weighted by atomic mass is 10.1. The maximum absolute atomic E-state index is 12.0. The van der Waals surface area contributed by atoms with Crippen molar-refractivity contribution in [2.45, 2.75) is 19.9 Å². The van der Waals surface area contributed by atoms with Crippen LogP contribution < -0.4 is 4.72 Å². The highest BCUT2D eigenvalue weighted by Gasteiger charge is 2.16. The van der Waals surface area contributed by atoms with Gasteiger partial charge >= 0.3 is 5.97 Å². The molecule has 3 N–H and O–H groups in total. The molecule has 0 aromatic heterocycles. The summed E-state index contributed by atoms with van der Waals surface area (Å²) >= 11 is 0. The zero-order valence-corrected chi connectivity index (χ0v) is 12.0. The van der Waals surface area contributed by atoms with Crippen LogP contribution in [-0.2, 0) is 14.8 Å². The van der Waals surface area contributed by atoms with E-state index in [1.54, 1.807) is 13.8 Å². The van der Waals surface area contributed by atoms with Crippen molar-refractivity contribution in [3.63, 3.8) is 0 Å². The van der Waals surface area contributed by atoms with Crippen LogP contribution in [0.4, 0.5) is 0 Å². The molecule has 0 radical (unpaired) electrons. The summed E-state index contributed by atoms with van der Waals surface area (Å²) in [4.78, 5) is 21.7. The molecule has 2 atom stereocenters. The molecule has 0 heterocycles. The predicted octanol–water partition coefficient (Wildman–Crippen LogP) is 1.02. The lowest BCUT2D eigenvalue weighted by molar-refractivity contribution is -0.110. The minimum atomic E-state index is -3.58. The van der Waals surface area contributed by atoms with E-state index in [1.807, 2.05) is 0 Å². The number of aromatic carboxylic acids is 1. The smallest absolute Gasteiger partial charge is 0.335 e. The van der Waals surface area contributed by atoms with Gasteiger partial charge in [0.25, 0.3) is 0 Å². The Morgan fingerprint density at radius 2 is 2.05 bits per heavy atom. The van der Waals surface area contributed by atoms with E-state index in [2.05, 4.69) is 4.72 Å². The Morgan fingerprint density at radius 1 is 1.40 bits per heavy atom. The van der Waals surface area contributed by atoms with Gasteiger partial charge in [-0.15, -0.1) is 0 Å². The highest BCUT2D eigenvalue weighted by Crippen LogP contribution is 2.05. The molecule has 1 aromatic carbocycles. The number of carbonyl (C=O) groups is 2. The number of nitrogens with one attached hydrogen (secondary N) is 1. The monoisotopic (exact) mass is 299 g/mol. The van der Waals surface area contributed by atoms with Gasteiger partial charge in [0.05, 0.1) is 11.6 Å². The Bertz CT molecular complexity index is 617. The molecule has 0 saturated carbocycles. The lowest BCUT2D eigenvalue weighted by Gasteiger charge is -2.16. The van der Waals surface area contributed by atoms with Gasteiger partial charge in [-0.3, -0.25) is 0 Å². The predicted molar refractivity (Wildman–Crippen MR) is 77.2 cm³/mol. The van der Waals surface area contributed by atoms with Gasteiger partial charge in [-0.05, 0) is 23.6 Å². The summed E-state index contributed by atoms with van der Waals surface area (Å²) in [7, 11) is -3.58. The number of hydrogen-bond acceptors (Lipinski definition) is 3. The minimum Gasteiger partial charge on any atom is -0.478 e. The first kappa shape index (κ1) is 16.4. The first-order valence-corrected chi connectivity index (χ1v) is 7.50. The van der Waals surface area contributed by atoms with E-state index in [9.17, 15) is 18.4 Å². The molecule has 1 unspecified atom stereocenters. The van der Waals surface area contributed by atoms with Gasteiger partial charge in [0.1, 0.15) is 16.3 Å². The normalized spacial score (nSPS) is 15.4. The molecule has 110 valence electrons. The summed E-state index contributed by atoms with van der Waals surface area (Å²) in [5.41, 5.74) is 0.308. The molecule has 0 saturated heterocycles. The number of carboxylic acid groups (broad SMARTS) is 1. The van der Waals surface area contributed by atoms with E-state index in [1.165, 1.54) is 24.3 Å². The van der Waals surface area contributed by atoms with Crippen LogP contribution in [0.1, 0.15) is 29.8 Å². The standard InChI is InChI=1S/C13H17NO5S/c1-9(2)12(7-15)14-20(18,19)8-10-4-3-5-11(6-10)13(16)17/h3-9,12H,1-2H3,(H,16,17)(H2,14,18,19)/t12-/m0/s1. The number of hydrogen-bond donors (Lipinski definition) is 3. The summed E-state index contributed by atoms with van der Waals surface area (Å²) in [6, 6.07) is 4.89. The van der Waals surface area contributed by atoms with Crippen molar-refractivity contribution < 1.29 is 23.5 Å². The number of carbonyl (C=O) groups excluding carboxylic acids is 1. The van der Waals surface area contributed by atoms with Crippen LogP contribution in [0.15, 0.2) is 24.3 Å². The van der Waals surface area contributed by atoms with Crippen molar-refractivity contribution in [3.8, 4) is 0 Å². The molecule has 0 amide bonds. The molecule has 0 bridgehead atoms. The molecule has 1 rings (SSSR count). The van der Waals surface area contributed by atoms with Crippen LogP contribution in [0.5, 0.6) is 0 Å². The van der Waals surface area contributed by atoms with Gasteiger partial charge in [-0.25, -0.2) is 13.7 Å². The SMILES string of the molecule is CC(C)[C@H](C=O)NS(=O)(O)=Cc1cccc(C(=O)O)c1. The Hall–Kier alpha value is -1.70. The number of carboxylic acids is 1. The zero-order chi connectivity index (χ0) is 15.3. The summed E-state index contributed by atoms with van der Waals surface area (Å²) in [5, 5.41) is 9.87. The van der Waals surface area contributed by atoms with Crippen molar-refractivity contribution in [1.29, 1.82) is 0 Å². The second-order valence-corrected chi connectivity index (χ2v) is 6.25. The molecule has 0 fully saturated rings. The fourth-order valence-corrected chi connectivity index (χ4v) is 2.78. The summed E-state index contributed by atoms with van der Waals surface area (Å²) in [5.74, 6) is -1.26. The molecule has 0 aliphatic heterocycles. The Balaban J connectivity index is 3.08. The van der Waals surface area contributed by atoms with Gasteiger partial charge in [0, 0.05) is 5.37 Å². The second kappa shape index (κ2) is 6.65. The highest BCUT2D eigenvalue weighted by atomic mass is 32.2. The van der Waals surface area contributed by atoms with Crippen LogP contribution in [0.2, 0.25) is 0 Å². The first-order valence-electron chi connectivity index (χ1n) is 5.92. The van der Waals surface area contributed by atoms with Gasteiger partial charge in [-0.2, -0.15) is 0 Å². The average Bonchev–Trinajstić information content (AvgIpc) is 2.35. The molecule has 7 heteroatoms. The summed E-state index contributed by atoms with van der Waals surface area (Å²) < 4.78 is 24.1. The largest absolute Gasteiger partial charge is 0.478 e. The molecule has 0 aliphatic rings. The van der Waals surface area contributed by atoms with Gasteiger partial charge in [0.2, 0.25) is 0 Å². The van der Waals surface area contributed by atoms with Crippen LogP contribution in [0.3, 0.4) is 0 Å². The quantitative estimate of drug-likeness (QED) is 0.537. The molecule has 1 aromatic rings. The number of aldehydes is 1. The van der Waals surface area contributed by atoms with Crippen molar-refractivity contribution in [2.24, 2.45) is 5.92 Å². The molecule has 0 aliphatic carbocycles. The maximum Gasteiger partial charge on any atom is 0.335 e. The van der Waals surface area contributed by atoms with Crippen molar-refractivity contribution in [1.82, 2.24) is 4.72 Å². The van der Waals surface area contributed by atoms with E-state index in [4.69, 9.17) is 5.11 Å². The summed E-state index contributed by atoms with van der Waals surface area (Å²) in [6.07, 6.45) is 0.571. The van der Waals surface area contributed by atoms with Crippen LogP contribution in [0, 0.1) is 5.92 Å². The molecule has 0 spiro atoms. The van der Waals surface area contributed by atoms with Crippen LogP contribution in [-0.4, -0.2) is 37.5 Å². The molecule has 6 nitrogen and oxygen atoms in total. The Kier molecular flexibility index (Phi) is 5.43. The van der Waals surface area contributed by atoms with Crippen molar-refractivity contribution in [2.75, 3.05) is 0 Å². The number of rotatable bonds is 6. The lowest BCUT2D eigenvalue weighted by Crippen LogP contribution is -2.40. The topological polar surface area (TPSA) is 104 Å². The Labute approximate surface area is 117 Å². The average molecular weight is 299 g/mol. The first-order chi connectivity index (χ1) is 9.25. The molecular formula is C13H17NO5S. The third-order valence-electron chi connectivity index (χ3n) is 2.60. The van der Waals surface area contributed by atoms with Crippen LogP contribution >= 0.6 is 0 Å². The molecular weight excluding hydrogens is 282 g/mol. The van der Waals surface area contributed by atoms with E-state index in [-0.39, 0.29) is 11.5 Å². The fourth-order valence-electron chi connectivity index (χ4n) is 1.48. The third kappa shape index (κ3) is 4.76. The van der Waals surface area contributed by atoms with Crippen molar-refractivity contribution in [3.05, 3.63) is 35.4 Å². The van der Waals surface area contributed by atoms with Gasteiger partial charge < -0.3 is 14.5 Å². The summed E-state index contributed by atoms with van der Waals surface area (Å²) in [6.45, 7) is 3.49. The maximum atomic E-state index is 12.0. The van der Waals surface area contributed by atoms with Crippen molar-refractivity contribution >= 4 is 27.6 Å². The van der Waals surface area contributed by atoms with E-state index in [0.29, 0.717) is 11.8 Å². The van der Waals surface area contributed by atoms with E-state index >= 15 is 0 Å². The zero-order valence-electron chi connectivity index (χ0n) is 11.1. The fraction of sp³-hybridized carbons (Fsp3) is 0.308. The second-order valence-electron chi connectivity index (χ2n) is 4.64. The van der Waals surface area contributed by atoms with Gasteiger partial charge in [0.15, 0.2) is 0 Å². The van der Waals surface area contributed by atoms with E-state index < -0.39 is 22.0 Å². The highest BCUT2D eigenvalue weighted by molar-refractivity contribution is 7.94. The number of benzene rings is 1. The molecule has 20 heavy (non-hydrogen) atoms. The Morgan fingerprint density at radius 3 is 2.55 bits per heavy atom. The van der Waals surface area contributed by atoms with E-state index in [0.717, 1.165) is 5.37 Å². The third-order valence-corrected chi connectivity index (χ3v) is 3.80. The van der Waals surface area contributed by atoms with Gasteiger partial charge in [-0.1, -0.05) is 26.0 Å². The van der Waals surface area contributed by atoms with Crippen LogP contribution in [0.25, 0.3) is 0 Å². The minimum absolute atomic E-state index is 0.0183.